The van der Waals surface area contributed by atoms with Gasteiger partial charge in [0, 0.05) is 0 Å². The van der Waals surface area contributed by atoms with Gasteiger partial charge in [0.2, 0.25) is 0 Å². The molecule has 9 heavy (non-hydrogen) atoms. The van der Waals surface area contributed by atoms with Crippen LogP contribution in [0.5, 0.6) is 0 Å². The van der Waals surface area contributed by atoms with Gasteiger partial charge in [0.05, 0.1) is 3.74 Å². The molecule has 0 bridgehead atoms. The Kier molecular flexibility index (Phi) is 4.06. The molecule has 0 amide bonds. The maximum absolute atomic E-state index is 11.6. The van der Waals surface area contributed by atoms with Gasteiger partial charge in [0.15, 0.2) is 0 Å². The monoisotopic (exact) mass is 332 g/mol. The lowest BCUT2D eigenvalue weighted by molar-refractivity contribution is -0.123. The van der Waals surface area contributed by atoms with Crippen molar-refractivity contribution in [3.05, 3.63) is 0 Å². The molecule has 0 aliphatic rings. The maximum Gasteiger partial charge on any atom is 0.403 e. The van der Waals surface area contributed by atoms with E-state index in [0.717, 1.165) is 0 Å². The summed E-state index contributed by atoms with van der Waals surface area (Å²) in [7, 11) is 0. The summed E-state index contributed by atoms with van der Waals surface area (Å²) in [6.07, 6.45) is -4.20. The van der Waals surface area contributed by atoms with Crippen LogP contribution in [0.15, 0.2) is 0 Å². The summed E-state index contributed by atoms with van der Waals surface area (Å²) in [6, 6.07) is 0. The van der Waals surface area contributed by atoms with E-state index < -0.39 is 14.7 Å². The first kappa shape index (κ1) is 10.2. The minimum Gasteiger partial charge on any atom is -0.170 e. The fraction of sp³-hybridized carbons (Fsp3) is 1.00. The zero-order valence-corrected chi connectivity index (χ0v) is 8.68. The van der Waals surface area contributed by atoms with Crippen LogP contribution in [-0.4, -0.2) is 14.7 Å². The summed E-state index contributed by atoms with van der Waals surface area (Å²) in [4.78, 5) is -1.54. The summed E-state index contributed by atoms with van der Waals surface area (Å²) < 4.78 is 34.0. The third-order valence-corrected chi connectivity index (χ3v) is 4.06. The highest BCUT2D eigenvalue weighted by Crippen LogP contribution is 2.34. The van der Waals surface area contributed by atoms with Gasteiger partial charge in [0.25, 0.3) is 0 Å². The molecule has 0 nitrogen and oxygen atoms in total. The molecule has 1 unspecified atom stereocenters. The second kappa shape index (κ2) is 3.57. The molecule has 0 aliphatic carbocycles. The molecule has 0 radical (unpaired) electrons. The van der Waals surface area contributed by atoms with E-state index in [-0.39, 0.29) is 0 Å². The van der Waals surface area contributed by atoms with E-state index in [9.17, 15) is 13.2 Å². The van der Waals surface area contributed by atoms with Gasteiger partial charge in [-0.2, -0.15) is 13.2 Å². The first-order valence-electron chi connectivity index (χ1n) is 1.84. The molecule has 6 heteroatoms. The van der Waals surface area contributed by atoms with Gasteiger partial charge in [-0.05, 0) is 0 Å². The van der Waals surface area contributed by atoms with Crippen LogP contribution < -0.4 is 0 Å². The Morgan fingerprint density at radius 2 is 1.33 bits per heavy atom. The summed E-state index contributed by atoms with van der Waals surface area (Å²) in [5.74, 6) is 0. The molecule has 0 aromatic rings. The van der Waals surface area contributed by atoms with E-state index in [1.165, 1.54) is 0 Å². The van der Waals surface area contributed by atoms with E-state index in [0.29, 0.717) is 0 Å². The van der Waals surface area contributed by atoms with Crippen molar-refractivity contribution in [3.8, 4) is 0 Å². The molecule has 0 aliphatic heterocycles. The van der Waals surface area contributed by atoms with Crippen LogP contribution in [0.1, 0.15) is 0 Å². The Hall–Kier alpha value is 1.23. The molecule has 0 aromatic carbocycles. The van der Waals surface area contributed by atoms with Crippen LogP contribution >= 0.6 is 47.8 Å². The maximum atomic E-state index is 11.6. The molecule has 0 rings (SSSR count). The fourth-order valence-electron chi connectivity index (χ4n) is 0.143. The Bertz CT molecular complexity index is 88.8. The van der Waals surface area contributed by atoms with Crippen LogP contribution in [0.4, 0.5) is 13.2 Å². The van der Waals surface area contributed by atoms with Crippen LogP contribution in [0, 0.1) is 0 Å². The van der Waals surface area contributed by atoms with Gasteiger partial charge in [-0.3, -0.25) is 0 Å². The fourth-order valence-corrected chi connectivity index (χ4v) is 0.742. The highest BCUT2D eigenvalue weighted by Gasteiger charge is 2.41. The van der Waals surface area contributed by atoms with Gasteiger partial charge >= 0.3 is 6.18 Å². The number of hydrogen-bond acceptors (Lipinski definition) is 0. The van der Waals surface area contributed by atoms with Gasteiger partial charge in [0.1, 0.15) is 4.83 Å². The molecule has 0 aromatic heterocycles. The average Bonchev–Trinajstić information content (AvgIpc) is 1.62. The lowest BCUT2D eigenvalue weighted by atomic mass is 10.5. The highest BCUT2D eigenvalue weighted by atomic mass is 79.9. The molecule has 0 fully saturated rings. The third-order valence-electron chi connectivity index (χ3n) is 0.534. The van der Waals surface area contributed by atoms with Crippen molar-refractivity contribution < 1.29 is 13.2 Å². The van der Waals surface area contributed by atoms with E-state index in [4.69, 9.17) is 0 Å². The lowest BCUT2D eigenvalue weighted by Crippen LogP contribution is -2.27. The largest absolute Gasteiger partial charge is 0.403 e. The first-order valence-corrected chi connectivity index (χ1v) is 4.59. The quantitative estimate of drug-likeness (QED) is 0.645. The number of rotatable bonds is 1. The second-order valence-electron chi connectivity index (χ2n) is 1.28. The summed E-state index contributed by atoms with van der Waals surface area (Å²) in [6.45, 7) is 0. The third kappa shape index (κ3) is 3.83. The van der Waals surface area contributed by atoms with Gasteiger partial charge in [-0.25, -0.2) is 0 Å². The van der Waals surface area contributed by atoms with Crippen molar-refractivity contribution >= 4 is 47.8 Å². The summed E-state index contributed by atoms with van der Waals surface area (Å²) in [5.41, 5.74) is 0. The van der Waals surface area contributed by atoms with Crippen molar-refractivity contribution in [2.45, 2.75) is 14.7 Å². The number of alkyl halides is 6. The highest BCUT2D eigenvalue weighted by molar-refractivity contribution is 9.25. The molecule has 0 saturated carbocycles. The topological polar surface area (TPSA) is 0 Å². The van der Waals surface area contributed by atoms with Crippen molar-refractivity contribution in [2.24, 2.45) is 0 Å². The summed E-state index contributed by atoms with van der Waals surface area (Å²) in [5, 5.41) is 0. The Morgan fingerprint density at radius 3 is 1.33 bits per heavy atom. The molecular weight excluding hydrogens is 333 g/mol. The predicted molar refractivity (Wildman–Crippen MR) is 40.4 cm³/mol. The smallest absolute Gasteiger partial charge is 0.170 e. The minimum atomic E-state index is -4.20. The van der Waals surface area contributed by atoms with Gasteiger partial charge in [-0.15, -0.1) is 0 Å². The summed E-state index contributed by atoms with van der Waals surface area (Å²) >= 11 is 7.89. The number of halogens is 6. The normalized spacial score (nSPS) is 16.3. The lowest BCUT2D eigenvalue weighted by Gasteiger charge is -2.13. The molecule has 56 valence electrons. The van der Waals surface area contributed by atoms with Crippen molar-refractivity contribution in [3.63, 3.8) is 0 Å². The van der Waals surface area contributed by atoms with Crippen molar-refractivity contribution in [1.82, 2.24) is 0 Å². The van der Waals surface area contributed by atoms with Gasteiger partial charge in [-0.1, -0.05) is 47.8 Å². The average molecular weight is 335 g/mol. The van der Waals surface area contributed by atoms with Crippen molar-refractivity contribution in [1.29, 1.82) is 0 Å². The van der Waals surface area contributed by atoms with Gasteiger partial charge < -0.3 is 0 Å². The van der Waals surface area contributed by atoms with Crippen LogP contribution in [-0.2, 0) is 0 Å². The van der Waals surface area contributed by atoms with E-state index in [1.54, 1.807) is 0 Å². The molecular formula is C3H2Br3F3. The molecule has 0 N–H and O–H groups in total. The Balaban J connectivity index is 3.88. The predicted octanol–water partition coefficient (Wildman–Crippen LogP) is 3.43. The van der Waals surface area contributed by atoms with E-state index >= 15 is 0 Å². The zero-order valence-electron chi connectivity index (χ0n) is 3.92. The van der Waals surface area contributed by atoms with Crippen LogP contribution in [0.3, 0.4) is 0 Å². The number of hydrogen-bond donors (Lipinski definition) is 0. The molecule has 0 spiro atoms. The SMILES string of the molecule is FC(F)(F)C(Br)C(Br)Br. The second-order valence-corrected chi connectivity index (χ2v) is 5.47. The van der Waals surface area contributed by atoms with Crippen LogP contribution in [0.25, 0.3) is 0 Å². The molecule has 0 heterocycles. The van der Waals surface area contributed by atoms with E-state index in [2.05, 4.69) is 47.8 Å². The molecule has 0 saturated heterocycles. The van der Waals surface area contributed by atoms with Crippen molar-refractivity contribution in [2.75, 3.05) is 0 Å². The molecule has 1 atom stereocenters. The minimum absolute atomic E-state index is 0.773. The zero-order chi connectivity index (χ0) is 7.65. The Morgan fingerprint density at radius 1 is 1.00 bits per heavy atom. The van der Waals surface area contributed by atoms with Crippen LogP contribution in [0.2, 0.25) is 0 Å². The standard InChI is InChI=1S/C3H2Br3F3/c4-1(2(5)6)3(7,8)9/h1-2H. The van der Waals surface area contributed by atoms with E-state index in [1.807, 2.05) is 0 Å². The first-order chi connectivity index (χ1) is 3.85. The Labute approximate surface area is 75.6 Å².